The second-order valence-electron chi connectivity index (χ2n) is 11.4. The van der Waals surface area contributed by atoms with E-state index in [1.165, 1.54) is 16.7 Å². The number of nitrogens with zero attached hydrogens (tertiary/aromatic N) is 2. The molecule has 0 unspecified atom stereocenters. The molecule has 1 heterocycles. The second kappa shape index (κ2) is 12.5. The summed E-state index contributed by atoms with van der Waals surface area (Å²) >= 11 is 6.16. The van der Waals surface area contributed by atoms with Gasteiger partial charge in [-0.2, -0.15) is 0 Å². The molecular formula is C43H29ClN2O. The molecule has 0 aliphatic carbocycles. The summed E-state index contributed by atoms with van der Waals surface area (Å²) in [4.78, 5) is 6.94. The van der Waals surface area contributed by atoms with Crippen molar-refractivity contribution >= 4 is 39.8 Å². The molecule has 0 N–H and O–H groups in total. The van der Waals surface area contributed by atoms with Crippen LogP contribution in [0.4, 0.5) is 17.1 Å². The Balaban J connectivity index is 1.14. The van der Waals surface area contributed by atoms with Crippen LogP contribution in [0, 0.1) is 0 Å². The highest BCUT2D eigenvalue weighted by Gasteiger charge is 2.16. The molecule has 4 heteroatoms. The molecule has 224 valence electrons. The summed E-state index contributed by atoms with van der Waals surface area (Å²) in [5.41, 5.74) is 12.7. The average molecular weight is 625 g/mol. The van der Waals surface area contributed by atoms with E-state index in [2.05, 4.69) is 155 Å². The van der Waals surface area contributed by atoms with Crippen molar-refractivity contribution in [3.8, 4) is 44.8 Å². The molecule has 0 aliphatic heterocycles. The minimum atomic E-state index is 0.578. The molecule has 0 saturated heterocycles. The molecule has 0 radical (unpaired) electrons. The Morgan fingerprint density at radius 2 is 0.872 bits per heavy atom. The van der Waals surface area contributed by atoms with Crippen LogP contribution in [-0.2, 0) is 0 Å². The van der Waals surface area contributed by atoms with E-state index in [0.29, 0.717) is 10.9 Å². The number of oxazole rings is 1. The Morgan fingerprint density at radius 1 is 0.426 bits per heavy atom. The highest BCUT2D eigenvalue weighted by atomic mass is 35.5. The summed E-state index contributed by atoms with van der Waals surface area (Å²) in [6.07, 6.45) is 0. The molecule has 0 saturated carbocycles. The predicted octanol–water partition coefficient (Wildman–Crippen LogP) is 12.6. The van der Waals surface area contributed by atoms with Gasteiger partial charge in [-0.3, -0.25) is 0 Å². The fourth-order valence-electron chi connectivity index (χ4n) is 6.15. The largest absolute Gasteiger partial charge is 0.436 e. The normalized spacial score (nSPS) is 11.1. The van der Waals surface area contributed by atoms with E-state index in [9.17, 15) is 0 Å². The first-order valence-corrected chi connectivity index (χ1v) is 16.0. The fraction of sp³-hybridized carbons (Fsp3) is 0. The van der Waals surface area contributed by atoms with Crippen LogP contribution in [0.25, 0.3) is 55.9 Å². The Kier molecular flexibility index (Phi) is 7.58. The number of hydrogen-bond donors (Lipinski definition) is 0. The van der Waals surface area contributed by atoms with Gasteiger partial charge in [0.05, 0.1) is 0 Å². The van der Waals surface area contributed by atoms with Crippen LogP contribution in [0.2, 0.25) is 5.02 Å². The lowest BCUT2D eigenvalue weighted by atomic mass is 9.89. The maximum Gasteiger partial charge on any atom is 0.227 e. The quantitative estimate of drug-likeness (QED) is 0.177. The van der Waals surface area contributed by atoms with Crippen LogP contribution in [0.5, 0.6) is 0 Å². The van der Waals surface area contributed by atoms with Crippen molar-refractivity contribution < 1.29 is 4.42 Å². The highest BCUT2D eigenvalue weighted by Crippen LogP contribution is 2.40. The summed E-state index contributed by atoms with van der Waals surface area (Å²) < 4.78 is 6.01. The molecular weight excluding hydrogens is 596 g/mol. The van der Waals surface area contributed by atoms with Gasteiger partial charge in [-0.25, -0.2) is 4.98 Å². The third-order valence-electron chi connectivity index (χ3n) is 8.40. The fourth-order valence-corrected chi connectivity index (χ4v) is 6.31. The predicted molar refractivity (Wildman–Crippen MR) is 195 cm³/mol. The zero-order valence-corrected chi connectivity index (χ0v) is 26.2. The van der Waals surface area contributed by atoms with Crippen molar-refractivity contribution in [1.29, 1.82) is 0 Å². The molecule has 0 atom stereocenters. The topological polar surface area (TPSA) is 29.3 Å². The van der Waals surface area contributed by atoms with Crippen molar-refractivity contribution in [2.45, 2.75) is 0 Å². The van der Waals surface area contributed by atoms with Crippen LogP contribution in [0.15, 0.2) is 180 Å². The van der Waals surface area contributed by atoms with Crippen molar-refractivity contribution in [2.24, 2.45) is 0 Å². The lowest BCUT2D eigenvalue weighted by Gasteiger charge is -2.25. The Labute approximate surface area is 279 Å². The molecule has 0 spiro atoms. The summed E-state index contributed by atoms with van der Waals surface area (Å²) in [5.74, 6) is 0.578. The number of hydrogen-bond acceptors (Lipinski definition) is 3. The van der Waals surface area contributed by atoms with Crippen LogP contribution >= 0.6 is 11.6 Å². The van der Waals surface area contributed by atoms with E-state index in [1.807, 2.05) is 30.3 Å². The van der Waals surface area contributed by atoms with Crippen molar-refractivity contribution in [3.63, 3.8) is 0 Å². The molecule has 0 bridgehead atoms. The zero-order chi connectivity index (χ0) is 31.6. The summed E-state index contributed by atoms with van der Waals surface area (Å²) in [6.45, 7) is 0. The van der Waals surface area contributed by atoms with Crippen molar-refractivity contribution in [1.82, 2.24) is 4.98 Å². The van der Waals surface area contributed by atoms with Gasteiger partial charge in [0.1, 0.15) is 5.52 Å². The lowest BCUT2D eigenvalue weighted by molar-refractivity contribution is 0.620. The minimum absolute atomic E-state index is 0.578. The van der Waals surface area contributed by atoms with E-state index in [4.69, 9.17) is 16.0 Å². The van der Waals surface area contributed by atoms with E-state index in [0.717, 1.165) is 50.4 Å². The highest BCUT2D eigenvalue weighted by molar-refractivity contribution is 6.31. The maximum absolute atomic E-state index is 6.16. The van der Waals surface area contributed by atoms with Crippen LogP contribution in [0.3, 0.4) is 0 Å². The number of aromatic nitrogens is 1. The van der Waals surface area contributed by atoms with Crippen molar-refractivity contribution in [2.75, 3.05) is 4.90 Å². The lowest BCUT2D eigenvalue weighted by Crippen LogP contribution is -2.09. The van der Waals surface area contributed by atoms with E-state index in [1.54, 1.807) is 0 Å². The summed E-state index contributed by atoms with van der Waals surface area (Å²) in [6, 6.07) is 60.9. The summed E-state index contributed by atoms with van der Waals surface area (Å²) in [5, 5.41) is 0.641. The van der Waals surface area contributed by atoms with Gasteiger partial charge in [0.2, 0.25) is 5.89 Å². The minimum Gasteiger partial charge on any atom is -0.436 e. The molecule has 47 heavy (non-hydrogen) atoms. The number of benzene rings is 7. The average Bonchev–Trinajstić information content (AvgIpc) is 3.56. The molecule has 0 fully saturated rings. The number of para-hydroxylation sites is 2. The van der Waals surface area contributed by atoms with Crippen LogP contribution < -0.4 is 4.90 Å². The number of fused-ring (bicyclic) bond motifs is 1. The maximum atomic E-state index is 6.16. The van der Waals surface area contributed by atoms with Crippen molar-refractivity contribution in [3.05, 3.63) is 181 Å². The van der Waals surface area contributed by atoms with Crippen LogP contribution in [-0.4, -0.2) is 4.98 Å². The smallest absolute Gasteiger partial charge is 0.227 e. The molecule has 8 aromatic rings. The monoisotopic (exact) mass is 624 g/mol. The van der Waals surface area contributed by atoms with Gasteiger partial charge in [-0.1, -0.05) is 121 Å². The molecule has 0 aliphatic rings. The molecule has 1 aromatic heterocycles. The Hall–Kier alpha value is -5.90. The van der Waals surface area contributed by atoms with Gasteiger partial charge in [-0.15, -0.1) is 0 Å². The molecule has 0 amide bonds. The first-order chi connectivity index (χ1) is 23.2. The zero-order valence-electron chi connectivity index (χ0n) is 25.4. The van der Waals surface area contributed by atoms with E-state index >= 15 is 0 Å². The van der Waals surface area contributed by atoms with Gasteiger partial charge >= 0.3 is 0 Å². The van der Waals surface area contributed by atoms with Gasteiger partial charge < -0.3 is 9.32 Å². The van der Waals surface area contributed by atoms with E-state index in [-0.39, 0.29) is 0 Å². The molecule has 3 nitrogen and oxygen atoms in total. The molecule has 7 aromatic carbocycles. The Morgan fingerprint density at radius 3 is 1.43 bits per heavy atom. The standard InChI is InChI=1S/C43H29ClN2O/c44-33-25-28-42-41(29-33)45-43(47-42)32-21-19-30(20-22-32)37-15-7-9-17-39(37)40-18-10-8-16-38(40)31-23-26-36(27-24-31)46(34-11-3-1-4-12-34)35-13-5-2-6-14-35/h1-29H. The summed E-state index contributed by atoms with van der Waals surface area (Å²) in [7, 11) is 0. The third-order valence-corrected chi connectivity index (χ3v) is 8.64. The van der Waals surface area contributed by atoms with Gasteiger partial charge in [0.15, 0.2) is 5.58 Å². The molecule has 8 rings (SSSR count). The van der Waals surface area contributed by atoms with Gasteiger partial charge in [0.25, 0.3) is 0 Å². The first kappa shape index (κ1) is 28.6. The van der Waals surface area contributed by atoms with Gasteiger partial charge in [-0.05, 0) is 100 Å². The third kappa shape index (κ3) is 5.69. The van der Waals surface area contributed by atoms with E-state index < -0.39 is 0 Å². The number of halogens is 1. The first-order valence-electron chi connectivity index (χ1n) is 15.6. The SMILES string of the molecule is Clc1ccc2oc(-c3ccc(-c4ccccc4-c4ccccc4-c4ccc(N(c5ccccc5)c5ccccc5)cc4)cc3)nc2c1. The Bertz CT molecular complexity index is 2250. The van der Waals surface area contributed by atoms with Crippen LogP contribution in [0.1, 0.15) is 0 Å². The number of anilines is 3. The number of rotatable bonds is 7. The van der Waals surface area contributed by atoms with Gasteiger partial charge in [0, 0.05) is 27.6 Å². The second-order valence-corrected chi connectivity index (χ2v) is 11.8.